The molecule has 2 aromatic heterocycles. The van der Waals surface area contributed by atoms with Gasteiger partial charge in [-0.1, -0.05) is 206 Å². The molecule has 0 saturated carbocycles. The van der Waals surface area contributed by atoms with Gasteiger partial charge in [0.15, 0.2) is 11.6 Å². The monoisotopic (exact) mass is 790 g/mol. The van der Waals surface area contributed by atoms with Crippen molar-refractivity contribution >= 4 is 21.8 Å². The number of benzene rings is 9. The first kappa shape index (κ1) is 35.7. The fraction of sp³-hybridized carbons (Fsp3) is 0.0172. The van der Waals surface area contributed by atoms with Gasteiger partial charge in [0.2, 0.25) is 5.95 Å². The normalized spacial score (nSPS) is 12.6. The van der Waals surface area contributed by atoms with Crippen LogP contribution >= 0.6 is 0 Å². The molecule has 0 atom stereocenters. The molecule has 0 radical (unpaired) electrons. The van der Waals surface area contributed by atoms with Crippen molar-refractivity contribution in [3.05, 3.63) is 253 Å². The SMILES string of the molecule is c1ccc(-c2cccc(-c3nc(-c4ccccc4)nc(-n4c5cc(-c6ccccc6)ccc5c5cc6c(cc54)C(c4ccccc4)(c4ccccc4)c4ccccc4-6)n3)c2)cc1. The van der Waals surface area contributed by atoms with Crippen LogP contribution < -0.4 is 0 Å². The van der Waals surface area contributed by atoms with Gasteiger partial charge < -0.3 is 0 Å². The van der Waals surface area contributed by atoms with Crippen LogP contribution in [0, 0.1) is 0 Å². The van der Waals surface area contributed by atoms with E-state index in [1.807, 2.05) is 24.3 Å². The number of nitrogens with zero attached hydrogens (tertiary/aromatic N) is 4. The van der Waals surface area contributed by atoms with Crippen LogP contribution in [0.3, 0.4) is 0 Å². The van der Waals surface area contributed by atoms with Crippen LogP contribution in [-0.4, -0.2) is 19.5 Å². The average molecular weight is 791 g/mol. The van der Waals surface area contributed by atoms with E-state index < -0.39 is 5.41 Å². The Balaban J connectivity index is 1.19. The molecular weight excluding hydrogens is 753 g/mol. The Bertz CT molecular complexity index is 3390. The second-order valence-electron chi connectivity index (χ2n) is 16.0. The fourth-order valence-electron chi connectivity index (χ4n) is 9.76. The largest absolute Gasteiger partial charge is 0.278 e. The minimum Gasteiger partial charge on any atom is -0.278 e. The molecule has 0 spiro atoms. The van der Waals surface area contributed by atoms with Gasteiger partial charge in [0.05, 0.1) is 16.4 Å². The van der Waals surface area contributed by atoms with Gasteiger partial charge in [-0.2, -0.15) is 9.97 Å². The Morgan fingerprint density at radius 3 is 1.45 bits per heavy atom. The highest BCUT2D eigenvalue weighted by molar-refractivity contribution is 6.12. The van der Waals surface area contributed by atoms with Crippen LogP contribution in [0.4, 0.5) is 0 Å². The molecule has 62 heavy (non-hydrogen) atoms. The lowest BCUT2D eigenvalue weighted by Gasteiger charge is -2.34. The molecule has 0 amide bonds. The van der Waals surface area contributed by atoms with Gasteiger partial charge in [-0.25, -0.2) is 4.98 Å². The predicted octanol–water partition coefficient (Wildman–Crippen LogP) is 14.0. The van der Waals surface area contributed by atoms with Crippen molar-refractivity contribution in [3.63, 3.8) is 0 Å². The van der Waals surface area contributed by atoms with E-state index in [1.54, 1.807) is 0 Å². The summed E-state index contributed by atoms with van der Waals surface area (Å²) in [7, 11) is 0. The lowest BCUT2D eigenvalue weighted by Crippen LogP contribution is -2.28. The zero-order chi connectivity index (χ0) is 41.0. The molecule has 0 aliphatic heterocycles. The number of hydrogen-bond acceptors (Lipinski definition) is 3. The Labute approximate surface area is 360 Å². The zero-order valence-electron chi connectivity index (χ0n) is 33.7. The minimum atomic E-state index is -0.573. The lowest BCUT2D eigenvalue weighted by atomic mass is 9.67. The number of fused-ring (bicyclic) bond motifs is 6. The summed E-state index contributed by atoms with van der Waals surface area (Å²) in [6.07, 6.45) is 0. The first-order valence-electron chi connectivity index (χ1n) is 21.1. The third-order valence-corrected chi connectivity index (χ3v) is 12.5. The van der Waals surface area contributed by atoms with Gasteiger partial charge in [0, 0.05) is 21.9 Å². The van der Waals surface area contributed by atoms with Crippen molar-refractivity contribution < 1.29 is 0 Å². The Hall–Kier alpha value is -8.21. The summed E-state index contributed by atoms with van der Waals surface area (Å²) in [5, 5.41) is 2.27. The molecule has 0 saturated heterocycles. The molecule has 290 valence electrons. The van der Waals surface area contributed by atoms with E-state index in [0.29, 0.717) is 17.6 Å². The van der Waals surface area contributed by atoms with Crippen LogP contribution in [0.2, 0.25) is 0 Å². The Morgan fingerprint density at radius 1 is 0.306 bits per heavy atom. The van der Waals surface area contributed by atoms with Crippen molar-refractivity contribution in [2.75, 3.05) is 0 Å². The van der Waals surface area contributed by atoms with Crippen molar-refractivity contribution in [1.82, 2.24) is 19.5 Å². The van der Waals surface area contributed by atoms with Gasteiger partial charge in [-0.3, -0.25) is 4.57 Å². The summed E-state index contributed by atoms with van der Waals surface area (Å²) in [6, 6.07) is 82.3. The van der Waals surface area contributed by atoms with Crippen LogP contribution in [0.5, 0.6) is 0 Å². The number of aromatic nitrogens is 4. The molecule has 0 fully saturated rings. The van der Waals surface area contributed by atoms with Gasteiger partial charge >= 0.3 is 0 Å². The quantitative estimate of drug-likeness (QED) is 0.161. The van der Waals surface area contributed by atoms with Crippen LogP contribution in [0.15, 0.2) is 231 Å². The van der Waals surface area contributed by atoms with Crippen molar-refractivity contribution in [2.45, 2.75) is 5.41 Å². The summed E-state index contributed by atoms with van der Waals surface area (Å²) in [5.41, 5.74) is 15.2. The maximum absolute atomic E-state index is 5.44. The van der Waals surface area contributed by atoms with E-state index in [2.05, 4.69) is 211 Å². The van der Waals surface area contributed by atoms with Crippen molar-refractivity contribution in [2.24, 2.45) is 0 Å². The molecule has 9 aromatic carbocycles. The van der Waals surface area contributed by atoms with E-state index in [9.17, 15) is 0 Å². The first-order valence-corrected chi connectivity index (χ1v) is 21.1. The number of hydrogen-bond donors (Lipinski definition) is 0. The predicted molar refractivity (Wildman–Crippen MR) is 253 cm³/mol. The Kier molecular flexibility index (Phi) is 8.36. The maximum Gasteiger partial charge on any atom is 0.238 e. The van der Waals surface area contributed by atoms with Crippen LogP contribution in [-0.2, 0) is 5.41 Å². The average Bonchev–Trinajstić information content (AvgIpc) is 3.84. The maximum atomic E-state index is 5.44. The highest BCUT2D eigenvalue weighted by Crippen LogP contribution is 2.57. The molecule has 1 aliphatic rings. The second kappa shape index (κ2) is 14.5. The highest BCUT2D eigenvalue weighted by atomic mass is 15.2. The molecule has 4 heteroatoms. The van der Waals surface area contributed by atoms with Crippen molar-refractivity contribution in [1.29, 1.82) is 0 Å². The molecule has 0 bridgehead atoms. The summed E-state index contributed by atoms with van der Waals surface area (Å²) in [4.78, 5) is 16.0. The lowest BCUT2D eigenvalue weighted by molar-refractivity contribution is 0.769. The van der Waals surface area contributed by atoms with E-state index >= 15 is 0 Å². The fourth-order valence-corrected chi connectivity index (χ4v) is 9.76. The van der Waals surface area contributed by atoms with Gasteiger partial charge in [0.1, 0.15) is 0 Å². The molecular formula is C58H38N4. The Morgan fingerprint density at radius 2 is 0.806 bits per heavy atom. The van der Waals surface area contributed by atoms with Gasteiger partial charge in [-0.15, -0.1) is 0 Å². The molecule has 0 N–H and O–H groups in total. The molecule has 12 rings (SSSR count). The van der Waals surface area contributed by atoms with Crippen molar-refractivity contribution in [3.8, 4) is 62.1 Å². The van der Waals surface area contributed by atoms with Crippen LogP contribution in [0.25, 0.3) is 83.9 Å². The first-order chi connectivity index (χ1) is 30.7. The van der Waals surface area contributed by atoms with E-state index in [-0.39, 0.29) is 0 Å². The summed E-state index contributed by atoms with van der Waals surface area (Å²) >= 11 is 0. The molecule has 0 unspecified atom stereocenters. The van der Waals surface area contributed by atoms with E-state index in [1.165, 1.54) is 33.4 Å². The molecule has 1 aliphatic carbocycles. The third kappa shape index (κ3) is 5.65. The van der Waals surface area contributed by atoms with E-state index in [0.717, 1.165) is 55.2 Å². The highest BCUT2D eigenvalue weighted by Gasteiger charge is 2.46. The summed E-state index contributed by atoms with van der Waals surface area (Å²) in [6.45, 7) is 0. The van der Waals surface area contributed by atoms with Gasteiger partial charge in [-0.05, 0) is 79.9 Å². The standard InChI is InChI=1S/C58H38N4/c1-6-19-39(20-7-1)42-25-18-26-44(35-42)56-59-55(41-23-10-3-11-24-41)60-57(61-56)62-53-36-43(40-21-8-2-9-22-40)33-34-48(53)50-37-49-47-31-16-17-32-51(47)58(52(49)38-54(50)62,45-27-12-4-13-28-45)46-29-14-5-15-30-46/h1-38H. The third-order valence-electron chi connectivity index (χ3n) is 12.5. The smallest absolute Gasteiger partial charge is 0.238 e. The molecule has 4 nitrogen and oxygen atoms in total. The van der Waals surface area contributed by atoms with E-state index in [4.69, 9.17) is 15.0 Å². The van der Waals surface area contributed by atoms with Gasteiger partial charge in [0.25, 0.3) is 0 Å². The minimum absolute atomic E-state index is 0.560. The summed E-state index contributed by atoms with van der Waals surface area (Å²) < 4.78 is 2.28. The second-order valence-corrected chi connectivity index (χ2v) is 16.0. The molecule has 2 heterocycles. The molecule has 11 aromatic rings. The summed E-state index contributed by atoms with van der Waals surface area (Å²) in [5.74, 6) is 1.78. The zero-order valence-corrected chi connectivity index (χ0v) is 33.7. The topological polar surface area (TPSA) is 43.6 Å². The number of rotatable bonds is 7. The van der Waals surface area contributed by atoms with Crippen LogP contribution in [0.1, 0.15) is 22.3 Å².